The van der Waals surface area contributed by atoms with Crippen molar-refractivity contribution in [2.75, 3.05) is 25.5 Å². The molecule has 0 spiro atoms. The Balaban J connectivity index is 1.66. The van der Waals surface area contributed by atoms with Crippen LogP contribution in [0.25, 0.3) is 11.1 Å². The molecule has 8 heteroatoms. The maximum atomic E-state index is 13.1. The Morgan fingerprint density at radius 1 is 1.18 bits per heavy atom. The van der Waals surface area contributed by atoms with Crippen molar-refractivity contribution in [1.82, 2.24) is 9.99 Å². The number of nitrogens with two attached hydrogens (primary N) is 1. The largest absolute Gasteiger partial charge is 0.496 e. The summed E-state index contributed by atoms with van der Waals surface area (Å²) < 4.78 is 5.40. The number of methoxy groups -OCH3 is 1. The highest BCUT2D eigenvalue weighted by atomic mass is 16.5. The number of primary amides is 1. The van der Waals surface area contributed by atoms with E-state index < -0.39 is 11.8 Å². The summed E-state index contributed by atoms with van der Waals surface area (Å²) >= 11 is 0. The molecule has 8 nitrogen and oxygen atoms in total. The van der Waals surface area contributed by atoms with Crippen LogP contribution in [0.2, 0.25) is 0 Å². The standard InChI is InChI=1S/C26H23N5O3/c1-3-17-7-10-23(28-15-17)30-26(33)21-13-20(14-22(34-2)24(21)25(27)32)19-8-5-18(6-9-19)16-29-31-11-4-12-31/h1,5-10,13-16H,4,11-12H2,2H3,(H2,27,32)(H,28,30,33). The molecule has 4 rings (SSSR count). The van der Waals surface area contributed by atoms with Gasteiger partial charge in [-0.05, 0) is 47.4 Å². The van der Waals surface area contributed by atoms with E-state index in [0.717, 1.165) is 24.2 Å². The number of nitrogens with one attached hydrogen (secondary N) is 1. The van der Waals surface area contributed by atoms with Crippen molar-refractivity contribution in [2.45, 2.75) is 6.42 Å². The summed E-state index contributed by atoms with van der Waals surface area (Å²) in [6.07, 6.45) is 9.80. The smallest absolute Gasteiger partial charge is 0.257 e. The molecule has 1 aliphatic rings. The number of carbonyl (C=O) groups is 2. The molecule has 2 amide bonds. The molecule has 3 N–H and O–H groups in total. The summed E-state index contributed by atoms with van der Waals surface area (Å²) in [6.45, 7) is 1.96. The molecule has 3 aromatic rings. The first kappa shape index (κ1) is 22.6. The summed E-state index contributed by atoms with van der Waals surface area (Å²) in [5.74, 6) is 1.63. The molecule has 2 heterocycles. The van der Waals surface area contributed by atoms with E-state index in [-0.39, 0.29) is 22.7 Å². The van der Waals surface area contributed by atoms with Crippen LogP contribution >= 0.6 is 0 Å². The molecule has 1 aliphatic heterocycles. The van der Waals surface area contributed by atoms with Gasteiger partial charge in [-0.3, -0.25) is 14.6 Å². The predicted octanol–water partition coefficient (Wildman–Crippen LogP) is 3.13. The van der Waals surface area contributed by atoms with Crippen molar-refractivity contribution in [1.29, 1.82) is 0 Å². The number of aromatic nitrogens is 1. The van der Waals surface area contributed by atoms with Gasteiger partial charge in [-0.2, -0.15) is 5.10 Å². The number of ether oxygens (including phenoxy) is 1. The highest BCUT2D eigenvalue weighted by Crippen LogP contribution is 2.31. The molecular weight excluding hydrogens is 430 g/mol. The minimum Gasteiger partial charge on any atom is -0.496 e. The lowest BCUT2D eigenvalue weighted by Gasteiger charge is -2.27. The average Bonchev–Trinajstić information content (AvgIpc) is 2.83. The maximum Gasteiger partial charge on any atom is 0.257 e. The number of benzene rings is 2. The molecule has 2 aromatic carbocycles. The van der Waals surface area contributed by atoms with E-state index in [9.17, 15) is 9.59 Å². The molecule has 1 saturated heterocycles. The first-order chi connectivity index (χ1) is 16.5. The van der Waals surface area contributed by atoms with Crippen molar-refractivity contribution in [3.8, 4) is 29.2 Å². The zero-order valence-electron chi connectivity index (χ0n) is 18.6. The number of pyridine rings is 1. The van der Waals surface area contributed by atoms with Gasteiger partial charge < -0.3 is 15.8 Å². The maximum absolute atomic E-state index is 13.1. The number of anilines is 1. The minimum absolute atomic E-state index is 0.0118. The van der Waals surface area contributed by atoms with Crippen LogP contribution in [0.1, 0.15) is 38.3 Å². The zero-order chi connectivity index (χ0) is 24.1. The van der Waals surface area contributed by atoms with Gasteiger partial charge >= 0.3 is 0 Å². The minimum atomic E-state index is -0.776. The van der Waals surface area contributed by atoms with Crippen molar-refractivity contribution in [2.24, 2.45) is 10.8 Å². The number of nitrogens with zero attached hydrogens (tertiary/aromatic N) is 3. The van der Waals surface area contributed by atoms with Gasteiger partial charge in [0.2, 0.25) is 0 Å². The van der Waals surface area contributed by atoms with E-state index >= 15 is 0 Å². The third kappa shape index (κ3) is 4.89. The Morgan fingerprint density at radius 3 is 2.50 bits per heavy atom. The molecule has 0 aliphatic carbocycles. The van der Waals surface area contributed by atoms with E-state index in [1.54, 1.807) is 24.3 Å². The predicted molar refractivity (Wildman–Crippen MR) is 131 cm³/mol. The number of hydrogen-bond donors (Lipinski definition) is 2. The molecule has 1 aromatic heterocycles. The summed E-state index contributed by atoms with van der Waals surface area (Å²) in [4.78, 5) is 29.4. The van der Waals surface area contributed by atoms with Crippen LogP contribution in [0.4, 0.5) is 5.82 Å². The lowest BCUT2D eigenvalue weighted by Crippen LogP contribution is -2.32. The number of carbonyl (C=O) groups excluding carboxylic acids is 2. The fourth-order valence-electron chi connectivity index (χ4n) is 3.44. The third-order valence-corrected chi connectivity index (χ3v) is 5.43. The van der Waals surface area contributed by atoms with Crippen molar-refractivity contribution in [3.63, 3.8) is 0 Å². The zero-order valence-corrected chi connectivity index (χ0v) is 18.6. The van der Waals surface area contributed by atoms with Crippen LogP contribution in [0.3, 0.4) is 0 Å². The number of hydrazone groups is 1. The lowest BCUT2D eigenvalue weighted by atomic mass is 9.96. The van der Waals surface area contributed by atoms with Crippen molar-refractivity contribution < 1.29 is 14.3 Å². The highest BCUT2D eigenvalue weighted by molar-refractivity contribution is 6.13. The second kappa shape index (κ2) is 9.88. The second-order valence-electron chi connectivity index (χ2n) is 7.67. The molecule has 0 saturated carbocycles. The monoisotopic (exact) mass is 453 g/mol. The number of amides is 2. The van der Waals surface area contributed by atoms with E-state index in [2.05, 4.69) is 21.3 Å². The number of hydrogen-bond acceptors (Lipinski definition) is 6. The fourth-order valence-corrected chi connectivity index (χ4v) is 3.44. The topological polar surface area (TPSA) is 110 Å². The van der Waals surface area contributed by atoms with E-state index in [1.165, 1.54) is 19.7 Å². The summed E-state index contributed by atoms with van der Waals surface area (Å²) in [7, 11) is 1.42. The van der Waals surface area contributed by atoms with Gasteiger partial charge in [0, 0.05) is 24.8 Å². The van der Waals surface area contributed by atoms with Gasteiger partial charge in [-0.15, -0.1) is 6.42 Å². The summed E-state index contributed by atoms with van der Waals surface area (Å²) in [5, 5.41) is 9.10. The second-order valence-corrected chi connectivity index (χ2v) is 7.67. The lowest BCUT2D eigenvalue weighted by molar-refractivity contribution is 0.0974. The SMILES string of the molecule is C#Cc1ccc(NC(=O)c2cc(-c3ccc(C=NN4CCC4)cc3)cc(OC)c2C(N)=O)nc1. The number of rotatable bonds is 7. The van der Waals surface area contributed by atoms with Gasteiger partial charge in [0.15, 0.2) is 0 Å². The van der Waals surface area contributed by atoms with Crippen LogP contribution < -0.4 is 15.8 Å². The third-order valence-electron chi connectivity index (χ3n) is 5.43. The fraction of sp³-hybridized carbons (Fsp3) is 0.154. The molecule has 0 radical (unpaired) electrons. The van der Waals surface area contributed by atoms with Crippen molar-refractivity contribution in [3.05, 3.63) is 77.0 Å². The van der Waals surface area contributed by atoms with Crippen LogP contribution in [0, 0.1) is 12.3 Å². The van der Waals surface area contributed by atoms with Crippen LogP contribution in [-0.2, 0) is 0 Å². The Kier molecular flexibility index (Phi) is 6.55. The van der Waals surface area contributed by atoms with Crippen LogP contribution in [-0.4, -0.2) is 48.2 Å². The van der Waals surface area contributed by atoms with E-state index in [4.69, 9.17) is 16.9 Å². The van der Waals surface area contributed by atoms with Crippen molar-refractivity contribution >= 4 is 23.8 Å². The highest BCUT2D eigenvalue weighted by Gasteiger charge is 2.22. The Labute approximate surface area is 197 Å². The van der Waals surface area contributed by atoms with E-state index in [0.29, 0.717) is 11.1 Å². The van der Waals surface area contributed by atoms with Crippen LogP contribution in [0.15, 0.2) is 59.8 Å². The Bertz CT molecular complexity index is 1290. The quantitative estimate of drug-likeness (QED) is 0.422. The molecule has 170 valence electrons. The molecule has 34 heavy (non-hydrogen) atoms. The van der Waals surface area contributed by atoms with Gasteiger partial charge in [0.1, 0.15) is 11.6 Å². The Morgan fingerprint density at radius 2 is 1.94 bits per heavy atom. The van der Waals surface area contributed by atoms with Gasteiger partial charge in [-0.25, -0.2) is 4.98 Å². The van der Waals surface area contributed by atoms with Gasteiger partial charge in [0.05, 0.1) is 24.5 Å². The first-order valence-electron chi connectivity index (χ1n) is 10.6. The van der Waals surface area contributed by atoms with Crippen LogP contribution in [0.5, 0.6) is 5.75 Å². The molecule has 0 unspecified atom stereocenters. The molecular formula is C26H23N5O3. The van der Waals surface area contributed by atoms with E-state index in [1.807, 2.05) is 35.5 Å². The first-order valence-corrected chi connectivity index (χ1v) is 10.6. The van der Waals surface area contributed by atoms with Gasteiger partial charge in [0.25, 0.3) is 11.8 Å². The molecule has 1 fully saturated rings. The summed E-state index contributed by atoms with van der Waals surface area (Å²) in [5.41, 5.74) is 8.71. The summed E-state index contributed by atoms with van der Waals surface area (Å²) in [6, 6.07) is 14.2. The molecule has 0 atom stereocenters. The molecule has 0 bridgehead atoms. The van der Waals surface area contributed by atoms with Gasteiger partial charge in [-0.1, -0.05) is 30.2 Å². The number of terminal acetylenes is 1. The average molecular weight is 454 g/mol. The normalized spacial score (nSPS) is 12.6. The Hall–Kier alpha value is -4.64.